The maximum absolute atomic E-state index is 16.2. The van der Waals surface area contributed by atoms with Gasteiger partial charge in [-0.3, -0.25) is 9.67 Å². The van der Waals surface area contributed by atoms with Crippen molar-refractivity contribution in [3.8, 4) is 22.4 Å². The molecule has 0 spiro atoms. The molecule has 2 heterocycles. The third kappa shape index (κ3) is 5.12. The number of anilines is 1. The standard InChI is InChI=1S/C26H23F3N4O4S/c1-4-32-15-20(17-10-12-30-13-11-17)25(31-32)19-6-5-7-22(24(19)29)33(26(34)37-16(2)3)38(35,36)23-14-18(27)8-9-21(23)28/h5-16H,4H2,1-3H3. The Kier molecular flexibility index (Phi) is 7.53. The number of halogens is 3. The number of carbonyl (C=O) groups is 1. The number of hydrogen-bond acceptors (Lipinski definition) is 6. The van der Waals surface area contributed by atoms with Crippen molar-refractivity contribution in [2.75, 3.05) is 4.31 Å². The van der Waals surface area contributed by atoms with Gasteiger partial charge in [0, 0.05) is 36.3 Å². The smallest absolute Gasteiger partial charge is 0.429 e. The molecule has 38 heavy (non-hydrogen) atoms. The molecule has 0 fully saturated rings. The minimum Gasteiger partial charge on any atom is -0.446 e. The Hall–Kier alpha value is -4.19. The number of aryl methyl sites for hydroxylation is 1. The van der Waals surface area contributed by atoms with Gasteiger partial charge < -0.3 is 4.74 Å². The number of amides is 1. The van der Waals surface area contributed by atoms with Crippen molar-refractivity contribution in [2.45, 2.75) is 38.3 Å². The Bertz CT molecular complexity index is 1590. The van der Waals surface area contributed by atoms with Crippen LogP contribution in [0.2, 0.25) is 0 Å². The first-order chi connectivity index (χ1) is 18.0. The lowest BCUT2D eigenvalue weighted by atomic mass is 10.0. The predicted molar refractivity (Wildman–Crippen MR) is 134 cm³/mol. The highest BCUT2D eigenvalue weighted by Gasteiger charge is 2.38. The quantitative estimate of drug-likeness (QED) is 0.292. The van der Waals surface area contributed by atoms with Crippen molar-refractivity contribution < 1.29 is 31.1 Å². The Balaban J connectivity index is 1.95. The summed E-state index contributed by atoms with van der Waals surface area (Å²) in [6, 6.07) is 8.84. The van der Waals surface area contributed by atoms with Crippen LogP contribution >= 0.6 is 0 Å². The van der Waals surface area contributed by atoms with E-state index in [1.54, 1.807) is 35.4 Å². The fourth-order valence-electron chi connectivity index (χ4n) is 3.73. The molecule has 0 radical (unpaired) electrons. The summed E-state index contributed by atoms with van der Waals surface area (Å²) in [6.07, 6.45) is 2.51. The van der Waals surface area contributed by atoms with Crippen LogP contribution in [0.5, 0.6) is 0 Å². The highest BCUT2D eigenvalue weighted by Crippen LogP contribution is 2.37. The van der Waals surface area contributed by atoms with Crippen LogP contribution in [0.1, 0.15) is 20.8 Å². The van der Waals surface area contributed by atoms with Crippen LogP contribution in [0.25, 0.3) is 22.4 Å². The normalized spacial score (nSPS) is 11.6. The monoisotopic (exact) mass is 544 g/mol. The van der Waals surface area contributed by atoms with Gasteiger partial charge in [-0.1, -0.05) is 6.07 Å². The van der Waals surface area contributed by atoms with Gasteiger partial charge >= 0.3 is 6.09 Å². The summed E-state index contributed by atoms with van der Waals surface area (Å²) in [6.45, 7) is 5.20. The van der Waals surface area contributed by atoms with Gasteiger partial charge in [0.25, 0.3) is 10.0 Å². The summed E-state index contributed by atoms with van der Waals surface area (Å²) in [5, 5.41) is 4.44. The Morgan fingerprint density at radius 1 is 1.05 bits per heavy atom. The third-order valence-corrected chi connectivity index (χ3v) is 7.14. The molecule has 0 aliphatic carbocycles. The number of sulfonamides is 1. The highest BCUT2D eigenvalue weighted by atomic mass is 32.2. The van der Waals surface area contributed by atoms with Crippen molar-refractivity contribution in [3.63, 3.8) is 0 Å². The average molecular weight is 545 g/mol. The number of benzene rings is 2. The van der Waals surface area contributed by atoms with E-state index in [1.165, 1.54) is 26.0 Å². The second-order valence-electron chi connectivity index (χ2n) is 8.40. The lowest BCUT2D eigenvalue weighted by molar-refractivity contribution is 0.126. The van der Waals surface area contributed by atoms with Gasteiger partial charge in [0.15, 0.2) is 5.82 Å². The van der Waals surface area contributed by atoms with Gasteiger partial charge in [0.2, 0.25) is 0 Å². The number of ether oxygens (including phenoxy) is 1. The molecule has 0 unspecified atom stereocenters. The number of aromatic nitrogens is 3. The molecule has 0 N–H and O–H groups in total. The molecule has 0 saturated carbocycles. The first-order valence-electron chi connectivity index (χ1n) is 11.5. The lowest BCUT2D eigenvalue weighted by Gasteiger charge is -2.24. The number of nitrogens with zero attached hydrogens (tertiary/aromatic N) is 4. The van der Waals surface area contributed by atoms with Crippen molar-refractivity contribution >= 4 is 21.8 Å². The maximum atomic E-state index is 16.2. The zero-order valence-electron chi connectivity index (χ0n) is 20.6. The minimum absolute atomic E-state index is 0.00733. The van der Waals surface area contributed by atoms with Gasteiger partial charge in [-0.25, -0.2) is 26.4 Å². The van der Waals surface area contributed by atoms with Crippen LogP contribution in [0, 0.1) is 17.5 Å². The molecule has 2 aromatic carbocycles. The molecule has 0 atom stereocenters. The van der Waals surface area contributed by atoms with Crippen LogP contribution in [0.3, 0.4) is 0 Å². The Morgan fingerprint density at radius 3 is 2.42 bits per heavy atom. The minimum atomic E-state index is -5.17. The molecule has 0 aliphatic heterocycles. The molecule has 1 amide bonds. The van der Waals surface area contributed by atoms with Crippen molar-refractivity contribution in [1.82, 2.24) is 14.8 Å². The van der Waals surface area contributed by atoms with Crippen molar-refractivity contribution in [2.24, 2.45) is 0 Å². The molecular formula is C26H23F3N4O4S. The van der Waals surface area contributed by atoms with Crippen LogP contribution < -0.4 is 4.31 Å². The van der Waals surface area contributed by atoms with E-state index >= 15 is 4.39 Å². The summed E-state index contributed by atoms with van der Waals surface area (Å²) in [7, 11) is -5.17. The van der Waals surface area contributed by atoms with E-state index < -0.39 is 50.3 Å². The largest absolute Gasteiger partial charge is 0.446 e. The van der Waals surface area contributed by atoms with E-state index in [0.29, 0.717) is 29.8 Å². The molecule has 0 bridgehead atoms. The van der Waals surface area contributed by atoms with E-state index in [9.17, 15) is 22.0 Å². The molecule has 2 aromatic heterocycles. The molecule has 0 aliphatic rings. The highest BCUT2D eigenvalue weighted by molar-refractivity contribution is 7.93. The molecule has 8 nitrogen and oxygen atoms in total. The van der Waals surface area contributed by atoms with Gasteiger partial charge in [-0.15, -0.1) is 0 Å². The number of hydrogen-bond donors (Lipinski definition) is 0. The SMILES string of the molecule is CCn1cc(-c2ccncc2)c(-c2cccc(N(C(=O)OC(C)C)S(=O)(=O)c3cc(F)ccc3F)c2F)n1. The van der Waals surface area contributed by atoms with Gasteiger partial charge in [0.1, 0.15) is 27.9 Å². The predicted octanol–water partition coefficient (Wildman–Crippen LogP) is 5.79. The number of rotatable bonds is 7. The maximum Gasteiger partial charge on any atom is 0.429 e. The molecule has 12 heteroatoms. The summed E-state index contributed by atoms with van der Waals surface area (Å²) in [4.78, 5) is 15.9. The third-order valence-electron chi connectivity index (χ3n) is 5.44. The molecule has 4 rings (SSSR count). The molecular weight excluding hydrogens is 521 g/mol. The average Bonchev–Trinajstić information content (AvgIpc) is 3.31. The van der Waals surface area contributed by atoms with Gasteiger partial charge in [-0.2, -0.15) is 9.40 Å². The number of carbonyl (C=O) groups excluding carboxylic acids is 1. The molecule has 198 valence electrons. The van der Waals surface area contributed by atoms with E-state index in [2.05, 4.69) is 10.1 Å². The van der Waals surface area contributed by atoms with E-state index in [4.69, 9.17) is 4.74 Å². The first kappa shape index (κ1) is 26.9. The lowest BCUT2D eigenvalue weighted by Crippen LogP contribution is -2.39. The zero-order chi connectivity index (χ0) is 27.6. The van der Waals surface area contributed by atoms with Gasteiger partial charge in [0.05, 0.1) is 6.10 Å². The summed E-state index contributed by atoms with van der Waals surface area (Å²) in [5.74, 6) is -3.53. The van der Waals surface area contributed by atoms with E-state index in [0.717, 1.165) is 12.1 Å². The summed E-state index contributed by atoms with van der Waals surface area (Å²) < 4.78 is 78.3. The Morgan fingerprint density at radius 2 is 1.76 bits per heavy atom. The van der Waals surface area contributed by atoms with Crippen molar-refractivity contribution in [1.29, 1.82) is 0 Å². The van der Waals surface area contributed by atoms with E-state index in [-0.39, 0.29) is 15.6 Å². The summed E-state index contributed by atoms with van der Waals surface area (Å²) >= 11 is 0. The second kappa shape index (κ2) is 10.7. The fourth-order valence-corrected chi connectivity index (χ4v) is 5.15. The topological polar surface area (TPSA) is 94.4 Å². The van der Waals surface area contributed by atoms with Gasteiger partial charge in [-0.05, 0) is 68.8 Å². The second-order valence-corrected chi connectivity index (χ2v) is 10.2. The molecule has 0 saturated heterocycles. The van der Waals surface area contributed by atoms with Crippen LogP contribution in [-0.2, 0) is 21.3 Å². The number of pyridine rings is 1. The van der Waals surface area contributed by atoms with Crippen LogP contribution in [-0.4, -0.2) is 35.4 Å². The fraction of sp³-hybridized carbons (Fsp3) is 0.192. The van der Waals surface area contributed by atoms with Crippen LogP contribution in [0.4, 0.5) is 23.7 Å². The van der Waals surface area contributed by atoms with Crippen molar-refractivity contribution in [3.05, 3.63) is 84.6 Å². The first-order valence-corrected chi connectivity index (χ1v) is 13.0. The van der Waals surface area contributed by atoms with E-state index in [1.807, 2.05) is 6.92 Å². The Labute approximate surface area is 217 Å². The zero-order valence-corrected chi connectivity index (χ0v) is 21.4. The van der Waals surface area contributed by atoms with Crippen LogP contribution in [0.15, 0.2) is 72.0 Å². The molecule has 4 aromatic rings. The summed E-state index contributed by atoms with van der Waals surface area (Å²) in [5.41, 5.74) is 0.497.